The van der Waals surface area contributed by atoms with Gasteiger partial charge in [0.25, 0.3) is 0 Å². The highest BCUT2D eigenvalue weighted by Gasteiger charge is 2.46. The minimum absolute atomic E-state index is 0.180. The van der Waals surface area contributed by atoms with E-state index in [4.69, 9.17) is 10.00 Å². The lowest BCUT2D eigenvalue weighted by molar-refractivity contribution is -0.150. The van der Waals surface area contributed by atoms with Crippen molar-refractivity contribution in [3.63, 3.8) is 0 Å². The van der Waals surface area contributed by atoms with E-state index in [1.165, 1.54) is 0 Å². The topological polar surface area (TPSA) is 75.0 Å². The van der Waals surface area contributed by atoms with Crippen LogP contribution < -0.4 is 5.32 Å². The first-order valence-electron chi connectivity index (χ1n) is 6.19. The molecule has 19 heavy (non-hydrogen) atoms. The summed E-state index contributed by atoms with van der Waals surface area (Å²) in [5.41, 5.74) is -0.371. The number of ether oxygens (including phenoxy) is 1. The quantitative estimate of drug-likeness (QED) is 0.875. The molecule has 0 atom stereocenters. The highest BCUT2D eigenvalue weighted by molar-refractivity contribution is 5.86. The molecule has 5 heteroatoms. The van der Waals surface area contributed by atoms with E-state index < -0.39 is 5.41 Å². The molecule has 0 saturated carbocycles. The monoisotopic (exact) mass is 259 g/mol. The molecule has 1 saturated heterocycles. The Hall–Kier alpha value is -1.93. The number of nitrogens with zero attached hydrogens (tertiary/aromatic N) is 2. The second kappa shape index (κ2) is 4.98. The summed E-state index contributed by atoms with van der Waals surface area (Å²) in [5.74, 6) is -0.259. The maximum atomic E-state index is 12.0. The van der Waals surface area contributed by atoms with Crippen LogP contribution in [-0.4, -0.2) is 30.6 Å². The van der Waals surface area contributed by atoms with Gasteiger partial charge in [-0.1, -0.05) is 19.9 Å². The van der Waals surface area contributed by atoms with Gasteiger partial charge in [-0.2, -0.15) is 5.26 Å². The first kappa shape index (κ1) is 13.5. The smallest absolute Gasteiger partial charge is 0.245 e. The number of pyridine rings is 1. The predicted molar refractivity (Wildman–Crippen MR) is 69.1 cm³/mol. The molecule has 0 unspecified atom stereocenters. The third-order valence-corrected chi connectivity index (χ3v) is 3.39. The number of nitrogens with one attached hydrogen (secondary N) is 1. The number of nitriles is 1. The molecule has 100 valence electrons. The Balaban J connectivity index is 1.99. The van der Waals surface area contributed by atoms with Gasteiger partial charge in [-0.05, 0) is 12.1 Å². The summed E-state index contributed by atoms with van der Waals surface area (Å²) in [7, 11) is 0. The van der Waals surface area contributed by atoms with Gasteiger partial charge in [0, 0.05) is 23.9 Å². The predicted octanol–water partition coefficient (Wildman–Crippen LogP) is 1.02. The first-order valence-corrected chi connectivity index (χ1v) is 6.19. The van der Waals surface area contributed by atoms with Crippen molar-refractivity contribution in [1.82, 2.24) is 10.3 Å². The summed E-state index contributed by atoms with van der Waals surface area (Å²) in [5, 5.41) is 11.9. The van der Waals surface area contributed by atoms with Gasteiger partial charge in [0.05, 0.1) is 19.3 Å². The normalized spacial score (nSPS) is 17.1. The Labute approximate surface area is 112 Å². The van der Waals surface area contributed by atoms with Crippen molar-refractivity contribution in [1.29, 1.82) is 5.26 Å². The average Bonchev–Trinajstić information content (AvgIpc) is 2.37. The van der Waals surface area contributed by atoms with Crippen LogP contribution in [0.1, 0.15) is 19.5 Å². The van der Waals surface area contributed by atoms with Crippen molar-refractivity contribution in [2.24, 2.45) is 5.41 Å². The summed E-state index contributed by atoms with van der Waals surface area (Å²) < 4.78 is 4.97. The number of hydrogen-bond donors (Lipinski definition) is 1. The number of hydrogen-bond acceptors (Lipinski definition) is 4. The number of carbonyl (C=O) groups excluding carboxylic acids is 1. The Kier molecular flexibility index (Phi) is 3.54. The van der Waals surface area contributed by atoms with Crippen molar-refractivity contribution in [2.45, 2.75) is 19.3 Å². The zero-order chi connectivity index (χ0) is 13.9. The van der Waals surface area contributed by atoms with Gasteiger partial charge in [-0.15, -0.1) is 0 Å². The Bertz CT molecular complexity index is 501. The van der Waals surface area contributed by atoms with Crippen LogP contribution in [0.2, 0.25) is 0 Å². The minimum Gasteiger partial charge on any atom is -0.377 e. The maximum Gasteiger partial charge on any atom is 0.245 e. The zero-order valence-electron chi connectivity index (χ0n) is 11.1. The van der Waals surface area contributed by atoms with Crippen molar-refractivity contribution < 1.29 is 9.53 Å². The number of amides is 1. The molecule has 1 amide bonds. The molecule has 2 heterocycles. The Morgan fingerprint density at radius 3 is 2.79 bits per heavy atom. The van der Waals surface area contributed by atoms with Crippen molar-refractivity contribution in [3.8, 4) is 6.07 Å². The molecule has 1 aliphatic rings. The fraction of sp³-hybridized carbons (Fsp3) is 0.500. The van der Waals surface area contributed by atoms with E-state index in [0.717, 1.165) is 5.69 Å². The molecule has 0 bridgehead atoms. The lowest BCUT2D eigenvalue weighted by Crippen LogP contribution is -2.54. The molecule has 1 aromatic heterocycles. The highest BCUT2D eigenvalue weighted by Crippen LogP contribution is 2.27. The van der Waals surface area contributed by atoms with Crippen LogP contribution in [0.4, 0.5) is 0 Å². The molecule has 1 fully saturated rings. The van der Waals surface area contributed by atoms with Crippen molar-refractivity contribution in [2.75, 3.05) is 19.8 Å². The van der Waals surface area contributed by atoms with E-state index in [-0.39, 0.29) is 24.5 Å². The molecule has 0 aliphatic carbocycles. The third kappa shape index (κ3) is 2.59. The van der Waals surface area contributed by atoms with Crippen LogP contribution in [0.15, 0.2) is 24.4 Å². The van der Waals surface area contributed by atoms with Gasteiger partial charge in [-0.3, -0.25) is 9.78 Å². The van der Waals surface area contributed by atoms with Crippen LogP contribution in [0.25, 0.3) is 0 Å². The third-order valence-electron chi connectivity index (χ3n) is 3.39. The zero-order valence-corrected chi connectivity index (χ0v) is 11.1. The van der Waals surface area contributed by atoms with E-state index in [9.17, 15) is 4.79 Å². The van der Waals surface area contributed by atoms with Crippen LogP contribution in [0.3, 0.4) is 0 Å². The Morgan fingerprint density at radius 2 is 2.32 bits per heavy atom. The lowest BCUT2D eigenvalue weighted by Gasteiger charge is -2.34. The van der Waals surface area contributed by atoms with Crippen LogP contribution in [-0.2, 0) is 14.9 Å². The fourth-order valence-electron chi connectivity index (χ4n) is 1.88. The van der Waals surface area contributed by atoms with Gasteiger partial charge in [0.2, 0.25) is 5.91 Å². The average molecular weight is 259 g/mol. The molecule has 1 aromatic rings. The lowest BCUT2D eigenvalue weighted by atomic mass is 9.85. The van der Waals surface area contributed by atoms with Gasteiger partial charge in [-0.25, -0.2) is 0 Å². The van der Waals surface area contributed by atoms with Crippen molar-refractivity contribution in [3.05, 3.63) is 30.1 Å². The first-order chi connectivity index (χ1) is 9.00. The minimum atomic E-state index is -1.000. The summed E-state index contributed by atoms with van der Waals surface area (Å²) in [6, 6.07) is 7.74. The van der Waals surface area contributed by atoms with E-state index in [1.54, 1.807) is 6.20 Å². The van der Waals surface area contributed by atoms with E-state index in [0.29, 0.717) is 6.54 Å². The second-order valence-electron chi connectivity index (χ2n) is 5.47. The van der Waals surface area contributed by atoms with E-state index in [2.05, 4.69) is 10.3 Å². The molecule has 0 radical (unpaired) electrons. The van der Waals surface area contributed by atoms with Crippen LogP contribution in [0, 0.1) is 16.7 Å². The molecule has 0 aromatic carbocycles. The van der Waals surface area contributed by atoms with Crippen LogP contribution >= 0.6 is 0 Å². The molecule has 1 aliphatic heterocycles. The van der Waals surface area contributed by atoms with Gasteiger partial charge < -0.3 is 10.1 Å². The van der Waals surface area contributed by atoms with Crippen LogP contribution in [0.5, 0.6) is 0 Å². The van der Waals surface area contributed by atoms with E-state index in [1.807, 2.05) is 38.1 Å². The summed E-state index contributed by atoms with van der Waals surface area (Å²) in [6.07, 6.45) is 1.73. The van der Waals surface area contributed by atoms with Gasteiger partial charge in [0.1, 0.15) is 0 Å². The number of rotatable bonds is 4. The summed E-state index contributed by atoms with van der Waals surface area (Å²) in [4.78, 5) is 16.3. The summed E-state index contributed by atoms with van der Waals surface area (Å²) in [6.45, 7) is 4.81. The standard InChI is InChI=1S/C14H17N3O2/c1-13(2,11-5-3-4-6-16-11)8-17-12(18)14(7-15)9-19-10-14/h3-6H,8-10H2,1-2H3,(H,17,18). The van der Waals surface area contributed by atoms with Crippen molar-refractivity contribution >= 4 is 5.91 Å². The van der Waals surface area contributed by atoms with Gasteiger partial charge >= 0.3 is 0 Å². The highest BCUT2D eigenvalue weighted by atomic mass is 16.5. The Morgan fingerprint density at radius 1 is 1.58 bits per heavy atom. The molecule has 1 N–H and O–H groups in total. The second-order valence-corrected chi connectivity index (χ2v) is 5.47. The number of carbonyl (C=O) groups is 1. The SMILES string of the molecule is CC(C)(CNC(=O)C1(C#N)COC1)c1ccccn1. The molecule has 0 spiro atoms. The fourth-order valence-corrected chi connectivity index (χ4v) is 1.88. The largest absolute Gasteiger partial charge is 0.377 e. The summed E-state index contributed by atoms with van der Waals surface area (Å²) >= 11 is 0. The molecular formula is C14H17N3O2. The maximum absolute atomic E-state index is 12.0. The van der Waals surface area contributed by atoms with E-state index >= 15 is 0 Å². The molecule has 2 rings (SSSR count). The molecule has 5 nitrogen and oxygen atoms in total. The number of aromatic nitrogens is 1. The molecular weight excluding hydrogens is 242 g/mol. The van der Waals surface area contributed by atoms with Gasteiger partial charge in [0.15, 0.2) is 5.41 Å².